The second-order valence-corrected chi connectivity index (χ2v) is 8.31. The minimum absolute atomic E-state index is 0.0337. The van der Waals surface area contributed by atoms with Gasteiger partial charge in [-0.15, -0.1) is 0 Å². The van der Waals surface area contributed by atoms with Crippen LogP contribution in [0.25, 0.3) is 0 Å². The molecule has 0 amide bonds. The Kier molecular flexibility index (Phi) is 6.35. The molecule has 156 valence electrons. The average molecular weight is 405 g/mol. The van der Waals surface area contributed by atoms with E-state index >= 15 is 0 Å². The lowest BCUT2D eigenvalue weighted by molar-refractivity contribution is 0.0895. The van der Waals surface area contributed by atoms with Crippen molar-refractivity contribution in [3.05, 3.63) is 59.2 Å². The van der Waals surface area contributed by atoms with Gasteiger partial charge >= 0.3 is 0 Å². The van der Waals surface area contributed by atoms with E-state index in [1.165, 1.54) is 5.56 Å². The van der Waals surface area contributed by atoms with Crippen LogP contribution in [0.1, 0.15) is 40.7 Å². The van der Waals surface area contributed by atoms with Gasteiger partial charge < -0.3 is 9.47 Å². The molecule has 1 unspecified atom stereocenters. The number of rotatable bonds is 7. The Morgan fingerprint density at radius 2 is 1.90 bits per heavy atom. The summed E-state index contributed by atoms with van der Waals surface area (Å²) in [6.45, 7) is 3.15. The number of ketones is 1. The highest BCUT2D eigenvalue weighted by Gasteiger charge is 2.34. The van der Waals surface area contributed by atoms with Gasteiger partial charge in [-0.3, -0.25) is 9.69 Å². The first-order valence-corrected chi connectivity index (χ1v) is 10.7. The summed E-state index contributed by atoms with van der Waals surface area (Å²) in [6.07, 6.45) is 3.99. The first kappa shape index (κ1) is 20.4. The third kappa shape index (κ3) is 4.49. The van der Waals surface area contributed by atoms with Crippen LogP contribution in [0.15, 0.2) is 42.5 Å². The molecule has 2 aromatic carbocycles. The van der Waals surface area contributed by atoms with E-state index in [0.29, 0.717) is 17.4 Å². The molecule has 0 spiro atoms. The number of carbonyl (C=O) groups excluding carboxylic acids is 1. The van der Waals surface area contributed by atoms with Crippen LogP contribution >= 0.6 is 0 Å². The Morgan fingerprint density at radius 3 is 2.60 bits per heavy atom. The number of fused-ring (bicyclic) bond motifs is 1. The lowest BCUT2D eigenvalue weighted by atomic mass is 9.85. The Bertz CT molecular complexity index is 927. The molecule has 4 rings (SSSR count). The molecule has 1 atom stereocenters. The predicted octanol–water partition coefficient (Wildman–Crippen LogP) is 4.25. The lowest BCUT2D eigenvalue weighted by Gasteiger charge is -2.32. The standard InChI is InChI=1S/C25H28N2O3/c1-29-23-16-22-20(15-24(23)30-12-9-26)14-21(25(22)28)13-18-7-10-27(11-8-18)17-19-5-3-2-4-6-19/h2-6,15-16,18,21H,7-8,10-14,17H2,1H3. The predicted molar refractivity (Wildman–Crippen MR) is 115 cm³/mol. The molecular formula is C25H28N2O3. The number of Topliss-reactive ketones (excluding diaryl/α,β-unsaturated/α-hetero) is 1. The van der Waals surface area contributed by atoms with Crippen LogP contribution in [-0.4, -0.2) is 37.5 Å². The van der Waals surface area contributed by atoms with Crippen molar-refractivity contribution in [1.82, 2.24) is 4.90 Å². The molecule has 0 aromatic heterocycles. The largest absolute Gasteiger partial charge is 0.493 e. The molecular weight excluding hydrogens is 376 g/mol. The van der Waals surface area contributed by atoms with Gasteiger partial charge in [-0.05, 0) is 68.0 Å². The molecule has 0 N–H and O–H groups in total. The Hall–Kier alpha value is -2.84. The third-order valence-corrected chi connectivity index (χ3v) is 6.36. The number of carbonyl (C=O) groups is 1. The number of nitrogens with zero attached hydrogens (tertiary/aromatic N) is 2. The van der Waals surface area contributed by atoms with Gasteiger partial charge in [-0.25, -0.2) is 0 Å². The molecule has 1 aliphatic carbocycles. The molecule has 1 heterocycles. The van der Waals surface area contributed by atoms with E-state index in [9.17, 15) is 4.79 Å². The molecule has 1 fully saturated rings. The Labute approximate surface area is 178 Å². The van der Waals surface area contributed by atoms with Crippen molar-refractivity contribution < 1.29 is 14.3 Å². The smallest absolute Gasteiger partial charge is 0.174 e. The number of benzene rings is 2. The molecule has 2 aliphatic rings. The van der Waals surface area contributed by atoms with Crippen LogP contribution in [0.4, 0.5) is 0 Å². The zero-order chi connectivity index (χ0) is 20.9. The monoisotopic (exact) mass is 404 g/mol. The second-order valence-electron chi connectivity index (χ2n) is 8.31. The highest BCUT2D eigenvalue weighted by atomic mass is 16.5. The minimum Gasteiger partial charge on any atom is -0.493 e. The summed E-state index contributed by atoms with van der Waals surface area (Å²) in [5, 5.41) is 8.78. The molecule has 2 aromatic rings. The highest BCUT2D eigenvalue weighted by molar-refractivity contribution is 6.02. The van der Waals surface area contributed by atoms with Gasteiger partial charge in [0.15, 0.2) is 23.9 Å². The fraction of sp³-hybridized carbons (Fsp3) is 0.440. The van der Waals surface area contributed by atoms with E-state index in [1.54, 1.807) is 13.2 Å². The second kappa shape index (κ2) is 9.32. The summed E-state index contributed by atoms with van der Waals surface area (Å²) >= 11 is 0. The lowest BCUT2D eigenvalue weighted by Crippen LogP contribution is -2.34. The van der Waals surface area contributed by atoms with Crippen LogP contribution in [0.3, 0.4) is 0 Å². The van der Waals surface area contributed by atoms with Crippen molar-refractivity contribution in [2.75, 3.05) is 26.8 Å². The van der Waals surface area contributed by atoms with Gasteiger partial charge in [-0.2, -0.15) is 5.26 Å². The number of methoxy groups -OCH3 is 1. The van der Waals surface area contributed by atoms with Crippen LogP contribution in [0, 0.1) is 23.2 Å². The van der Waals surface area contributed by atoms with Crippen molar-refractivity contribution in [1.29, 1.82) is 5.26 Å². The zero-order valence-electron chi connectivity index (χ0n) is 17.5. The molecule has 5 heteroatoms. The molecule has 1 aliphatic heterocycles. The van der Waals surface area contributed by atoms with Crippen LogP contribution in [0.2, 0.25) is 0 Å². The van der Waals surface area contributed by atoms with Crippen molar-refractivity contribution in [3.63, 3.8) is 0 Å². The molecule has 30 heavy (non-hydrogen) atoms. The van der Waals surface area contributed by atoms with Gasteiger partial charge in [0.1, 0.15) is 6.07 Å². The number of piperidine rings is 1. The highest BCUT2D eigenvalue weighted by Crippen LogP contribution is 2.39. The van der Waals surface area contributed by atoms with E-state index in [-0.39, 0.29) is 18.3 Å². The van der Waals surface area contributed by atoms with Gasteiger partial charge in [0.05, 0.1) is 7.11 Å². The molecule has 1 saturated heterocycles. The maximum absolute atomic E-state index is 13.0. The van der Waals surface area contributed by atoms with Crippen molar-refractivity contribution in [3.8, 4) is 17.6 Å². The Balaban J connectivity index is 1.34. The van der Waals surface area contributed by atoms with Crippen molar-refractivity contribution in [2.24, 2.45) is 11.8 Å². The number of ether oxygens (including phenoxy) is 2. The summed E-state index contributed by atoms with van der Waals surface area (Å²) in [4.78, 5) is 15.5. The van der Waals surface area contributed by atoms with E-state index in [0.717, 1.165) is 56.4 Å². The summed E-state index contributed by atoms with van der Waals surface area (Å²) in [6, 6.07) is 16.3. The quantitative estimate of drug-likeness (QED) is 0.690. The number of hydrogen-bond acceptors (Lipinski definition) is 5. The van der Waals surface area contributed by atoms with Crippen molar-refractivity contribution in [2.45, 2.75) is 32.2 Å². The van der Waals surface area contributed by atoms with Gasteiger partial charge in [0, 0.05) is 18.0 Å². The van der Waals surface area contributed by atoms with Crippen LogP contribution < -0.4 is 9.47 Å². The minimum atomic E-state index is -0.0337. The first-order chi connectivity index (χ1) is 14.7. The van der Waals surface area contributed by atoms with E-state index in [1.807, 2.05) is 12.1 Å². The average Bonchev–Trinajstić information content (AvgIpc) is 3.08. The first-order valence-electron chi connectivity index (χ1n) is 10.7. The van der Waals surface area contributed by atoms with Crippen LogP contribution in [0.5, 0.6) is 11.5 Å². The molecule has 0 radical (unpaired) electrons. The molecule has 0 bridgehead atoms. The Morgan fingerprint density at radius 1 is 1.13 bits per heavy atom. The van der Waals surface area contributed by atoms with Crippen molar-refractivity contribution >= 4 is 5.78 Å². The van der Waals surface area contributed by atoms with Gasteiger partial charge in [0.2, 0.25) is 0 Å². The number of nitriles is 1. The van der Waals surface area contributed by atoms with Gasteiger partial charge in [-0.1, -0.05) is 30.3 Å². The van der Waals surface area contributed by atoms with E-state index in [4.69, 9.17) is 14.7 Å². The number of hydrogen-bond donors (Lipinski definition) is 0. The summed E-state index contributed by atoms with van der Waals surface area (Å²) in [7, 11) is 1.56. The fourth-order valence-electron chi connectivity index (χ4n) is 4.78. The summed E-state index contributed by atoms with van der Waals surface area (Å²) in [5.74, 6) is 1.92. The summed E-state index contributed by atoms with van der Waals surface area (Å²) < 4.78 is 10.9. The SMILES string of the molecule is COc1cc2c(cc1OCC#N)CC(CC1CCN(Cc3ccccc3)CC1)C2=O. The topological polar surface area (TPSA) is 62.6 Å². The van der Waals surface area contributed by atoms with E-state index in [2.05, 4.69) is 35.2 Å². The molecule has 5 nitrogen and oxygen atoms in total. The van der Waals surface area contributed by atoms with Crippen LogP contribution in [-0.2, 0) is 13.0 Å². The fourth-order valence-corrected chi connectivity index (χ4v) is 4.78. The van der Waals surface area contributed by atoms with E-state index < -0.39 is 0 Å². The normalized spacial score (nSPS) is 19.3. The zero-order valence-corrected chi connectivity index (χ0v) is 17.5. The molecule has 0 saturated carbocycles. The number of likely N-dealkylation sites (tertiary alicyclic amines) is 1. The maximum atomic E-state index is 13.0. The maximum Gasteiger partial charge on any atom is 0.174 e. The third-order valence-electron chi connectivity index (χ3n) is 6.36. The summed E-state index contributed by atoms with van der Waals surface area (Å²) in [5.41, 5.74) is 3.13. The van der Waals surface area contributed by atoms with Gasteiger partial charge in [0.25, 0.3) is 0 Å².